The molecule has 0 bridgehead atoms. The van der Waals surface area contributed by atoms with Crippen LogP contribution in [0, 0.1) is 0 Å². The molecule has 2 heteroatoms. The van der Waals surface area contributed by atoms with Gasteiger partial charge in [0, 0.05) is 16.1 Å². The Bertz CT molecular complexity index is 323. The Morgan fingerprint density at radius 1 is 1.06 bits per heavy atom. The molecule has 0 aliphatic heterocycles. The molecule has 0 heterocycles. The predicted octanol–water partition coefficient (Wildman–Crippen LogP) is 3.32. The summed E-state index contributed by atoms with van der Waals surface area (Å²) in [6.07, 6.45) is 9.46. The van der Waals surface area contributed by atoms with Crippen molar-refractivity contribution in [3.8, 4) is 0 Å². The lowest BCUT2D eigenvalue weighted by atomic mass is 10.0. The fourth-order valence-electron chi connectivity index (χ4n) is 2.33. The summed E-state index contributed by atoms with van der Waals surface area (Å²) in [7, 11) is 1.14. The van der Waals surface area contributed by atoms with Gasteiger partial charge < -0.3 is 0 Å². The lowest BCUT2D eigenvalue weighted by molar-refractivity contribution is 0.607. The molecule has 0 N–H and O–H groups in total. The van der Waals surface area contributed by atoms with Crippen LogP contribution in [-0.4, -0.2) is 10.2 Å². The summed E-state index contributed by atoms with van der Waals surface area (Å²) in [5.74, 6) is 0.668. The minimum atomic E-state index is 0.668. The van der Waals surface area contributed by atoms with Crippen molar-refractivity contribution >= 4 is 27.0 Å². The topological polar surface area (TPSA) is 0 Å². The second-order valence-corrected chi connectivity index (χ2v) is 6.21. The molecule has 96 valence electrons. The standard InChI is InChI=1S/C15H25ClSi/c1-2-3-4-5-6-7-10-14-13(12-16)9-8-11-15(14)17/h8-9,11H,2-7,10,12H2,1,17H3. The highest BCUT2D eigenvalue weighted by molar-refractivity contribution is 6.33. The first-order valence-electron chi connectivity index (χ1n) is 6.93. The monoisotopic (exact) mass is 268 g/mol. The lowest BCUT2D eigenvalue weighted by Crippen LogP contribution is -2.12. The Hall–Kier alpha value is -0.273. The number of unbranched alkanes of at least 4 members (excludes halogenated alkanes) is 5. The Morgan fingerprint density at radius 3 is 2.47 bits per heavy atom. The molecular formula is C15H25ClSi. The molecule has 1 rings (SSSR count). The molecule has 0 atom stereocenters. The highest BCUT2D eigenvalue weighted by atomic mass is 35.5. The fourth-order valence-corrected chi connectivity index (χ4v) is 3.34. The minimum Gasteiger partial charge on any atom is -0.122 e. The molecule has 0 aliphatic rings. The van der Waals surface area contributed by atoms with E-state index in [9.17, 15) is 0 Å². The van der Waals surface area contributed by atoms with Crippen LogP contribution in [0.4, 0.5) is 0 Å². The highest BCUT2D eigenvalue weighted by Crippen LogP contribution is 2.14. The van der Waals surface area contributed by atoms with Gasteiger partial charge in [0.1, 0.15) is 0 Å². The van der Waals surface area contributed by atoms with Crippen molar-refractivity contribution < 1.29 is 0 Å². The van der Waals surface area contributed by atoms with E-state index in [1.54, 1.807) is 5.56 Å². The Labute approximate surface area is 114 Å². The molecule has 0 aromatic heterocycles. The average molecular weight is 269 g/mol. The summed E-state index contributed by atoms with van der Waals surface area (Å²) in [4.78, 5) is 0. The van der Waals surface area contributed by atoms with Crippen molar-refractivity contribution in [1.29, 1.82) is 0 Å². The van der Waals surface area contributed by atoms with Crippen molar-refractivity contribution in [3.05, 3.63) is 29.3 Å². The van der Waals surface area contributed by atoms with E-state index >= 15 is 0 Å². The summed E-state index contributed by atoms with van der Waals surface area (Å²) in [5, 5.41) is 1.54. The molecule has 1 aromatic carbocycles. The van der Waals surface area contributed by atoms with Crippen molar-refractivity contribution in [2.24, 2.45) is 0 Å². The molecule has 1 aromatic rings. The molecular weight excluding hydrogens is 244 g/mol. The SMILES string of the molecule is CCCCCCCCc1c([SiH3])cccc1CCl. The first-order valence-corrected chi connectivity index (χ1v) is 8.46. The highest BCUT2D eigenvalue weighted by Gasteiger charge is 2.04. The first-order chi connectivity index (χ1) is 8.29. The predicted molar refractivity (Wildman–Crippen MR) is 82.7 cm³/mol. The Morgan fingerprint density at radius 2 is 1.76 bits per heavy atom. The number of hydrogen-bond donors (Lipinski definition) is 0. The summed E-state index contributed by atoms with van der Waals surface area (Å²) in [6.45, 7) is 2.27. The third-order valence-corrected chi connectivity index (χ3v) is 4.66. The zero-order valence-electron chi connectivity index (χ0n) is 11.3. The van der Waals surface area contributed by atoms with Crippen LogP contribution >= 0.6 is 11.6 Å². The maximum atomic E-state index is 6.00. The van der Waals surface area contributed by atoms with Gasteiger partial charge in [0.15, 0.2) is 0 Å². The Balaban J connectivity index is 2.35. The summed E-state index contributed by atoms with van der Waals surface area (Å²) in [5.41, 5.74) is 2.90. The van der Waals surface area contributed by atoms with Crippen molar-refractivity contribution in [3.63, 3.8) is 0 Å². The van der Waals surface area contributed by atoms with E-state index in [0.29, 0.717) is 5.88 Å². The quantitative estimate of drug-likeness (QED) is 0.386. The van der Waals surface area contributed by atoms with Crippen LogP contribution < -0.4 is 5.19 Å². The van der Waals surface area contributed by atoms with Crippen LogP contribution in [0.2, 0.25) is 0 Å². The van der Waals surface area contributed by atoms with Gasteiger partial charge in [-0.05, 0) is 24.0 Å². The van der Waals surface area contributed by atoms with Crippen LogP contribution in [0.15, 0.2) is 18.2 Å². The maximum absolute atomic E-state index is 6.00. The molecule has 0 nitrogen and oxygen atoms in total. The number of hydrogen-bond acceptors (Lipinski definition) is 0. The molecule has 17 heavy (non-hydrogen) atoms. The third-order valence-electron chi connectivity index (χ3n) is 3.43. The van der Waals surface area contributed by atoms with Gasteiger partial charge in [-0.25, -0.2) is 0 Å². The van der Waals surface area contributed by atoms with E-state index in [1.807, 2.05) is 0 Å². The van der Waals surface area contributed by atoms with Gasteiger partial charge in [0.2, 0.25) is 0 Å². The van der Waals surface area contributed by atoms with E-state index in [0.717, 1.165) is 10.2 Å². The number of halogens is 1. The van der Waals surface area contributed by atoms with E-state index < -0.39 is 0 Å². The van der Waals surface area contributed by atoms with Crippen molar-refractivity contribution in [2.45, 2.75) is 57.7 Å². The second-order valence-electron chi connectivity index (χ2n) is 4.86. The van der Waals surface area contributed by atoms with E-state index in [1.165, 1.54) is 55.7 Å². The summed E-state index contributed by atoms with van der Waals surface area (Å²) in [6, 6.07) is 6.58. The number of benzene rings is 1. The summed E-state index contributed by atoms with van der Waals surface area (Å²) >= 11 is 6.00. The Kier molecular flexibility index (Phi) is 7.62. The van der Waals surface area contributed by atoms with Crippen LogP contribution in [0.5, 0.6) is 0 Å². The molecule has 0 radical (unpaired) electrons. The van der Waals surface area contributed by atoms with E-state index in [4.69, 9.17) is 11.6 Å². The van der Waals surface area contributed by atoms with Gasteiger partial charge in [-0.1, -0.05) is 62.4 Å². The van der Waals surface area contributed by atoms with E-state index in [2.05, 4.69) is 25.1 Å². The summed E-state index contributed by atoms with van der Waals surface area (Å²) < 4.78 is 0. The second kappa shape index (κ2) is 8.76. The fraction of sp³-hybridized carbons (Fsp3) is 0.600. The molecule has 0 amide bonds. The third kappa shape index (κ3) is 5.26. The van der Waals surface area contributed by atoms with Gasteiger partial charge in [0.05, 0.1) is 0 Å². The van der Waals surface area contributed by atoms with Crippen molar-refractivity contribution in [1.82, 2.24) is 0 Å². The van der Waals surface area contributed by atoms with Crippen LogP contribution in [0.1, 0.15) is 56.6 Å². The molecule has 0 spiro atoms. The first kappa shape index (κ1) is 14.8. The zero-order valence-corrected chi connectivity index (χ0v) is 14.0. The van der Waals surface area contributed by atoms with Crippen LogP contribution in [0.25, 0.3) is 0 Å². The maximum Gasteiger partial charge on any atom is 0.0476 e. The molecule has 0 fully saturated rings. The number of rotatable bonds is 8. The van der Waals surface area contributed by atoms with Gasteiger partial charge in [-0.15, -0.1) is 11.6 Å². The van der Waals surface area contributed by atoms with Crippen molar-refractivity contribution in [2.75, 3.05) is 0 Å². The van der Waals surface area contributed by atoms with E-state index in [-0.39, 0.29) is 0 Å². The minimum absolute atomic E-state index is 0.668. The normalized spacial score (nSPS) is 10.9. The van der Waals surface area contributed by atoms with Gasteiger partial charge >= 0.3 is 0 Å². The van der Waals surface area contributed by atoms with Gasteiger partial charge in [-0.3, -0.25) is 0 Å². The lowest BCUT2D eigenvalue weighted by Gasteiger charge is -2.10. The zero-order chi connectivity index (χ0) is 12.5. The average Bonchev–Trinajstić information content (AvgIpc) is 2.35. The number of alkyl halides is 1. The van der Waals surface area contributed by atoms with Gasteiger partial charge in [-0.2, -0.15) is 0 Å². The molecule has 0 aliphatic carbocycles. The van der Waals surface area contributed by atoms with Gasteiger partial charge in [0.25, 0.3) is 0 Å². The molecule has 0 saturated heterocycles. The largest absolute Gasteiger partial charge is 0.122 e. The molecule has 0 saturated carbocycles. The smallest absolute Gasteiger partial charge is 0.0476 e. The van der Waals surface area contributed by atoms with Crippen LogP contribution in [-0.2, 0) is 12.3 Å². The van der Waals surface area contributed by atoms with Crippen LogP contribution in [0.3, 0.4) is 0 Å². The molecule has 0 unspecified atom stereocenters.